The molecular formula is C32H31FN2O5. The van der Waals surface area contributed by atoms with Crippen molar-refractivity contribution in [2.75, 3.05) is 26.6 Å². The van der Waals surface area contributed by atoms with E-state index in [2.05, 4.69) is 10.6 Å². The van der Waals surface area contributed by atoms with Crippen molar-refractivity contribution in [2.45, 2.75) is 31.6 Å². The second-order valence-corrected chi connectivity index (χ2v) is 9.82. The Bertz CT molecular complexity index is 1500. The van der Waals surface area contributed by atoms with Crippen LogP contribution in [0.25, 0.3) is 0 Å². The summed E-state index contributed by atoms with van der Waals surface area (Å²) in [7, 11) is 4.53. The van der Waals surface area contributed by atoms with Gasteiger partial charge in [-0.3, -0.25) is 9.59 Å². The zero-order valence-corrected chi connectivity index (χ0v) is 22.8. The zero-order valence-electron chi connectivity index (χ0n) is 22.8. The number of hydrogen-bond donors (Lipinski definition) is 2. The number of carbonyl (C=O) groups excluding carboxylic acids is 2. The average molecular weight is 543 g/mol. The van der Waals surface area contributed by atoms with Crippen molar-refractivity contribution in [3.63, 3.8) is 0 Å². The quantitative estimate of drug-likeness (QED) is 0.390. The van der Waals surface area contributed by atoms with Crippen LogP contribution in [0, 0.1) is 5.82 Å². The Kier molecular flexibility index (Phi) is 7.60. The number of methoxy groups -OCH3 is 3. The maximum Gasteiger partial charge on any atom is 0.254 e. The third-order valence-corrected chi connectivity index (χ3v) is 7.49. The van der Waals surface area contributed by atoms with Gasteiger partial charge in [-0.2, -0.15) is 0 Å². The average Bonchev–Trinajstić information content (AvgIpc) is 2.97. The van der Waals surface area contributed by atoms with Crippen molar-refractivity contribution in [2.24, 2.45) is 0 Å². The third kappa shape index (κ3) is 4.93. The molecule has 1 aliphatic heterocycles. The number of hydrogen-bond acceptors (Lipinski definition) is 6. The van der Waals surface area contributed by atoms with Crippen LogP contribution in [0.1, 0.15) is 42.7 Å². The highest BCUT2D eigenvalue weighted by atomic mass is 19.1. The third-order valence-electron chi connectivity index (χ3n) is 7.49. The number of allylic oxidation sites excluding steroid dienone is 3. The highest BCUT2D eigenvalue weighted by Crippen LogP contribution is 2.49. The van der Waals surface area contributed by atoms with E-state index in [4.69, 9.17) is 14.2 Å². The number of benzene rings is 3. The van der Waals surface area contributed by atoms with Gasteiger partial charge in [0.05, 0.1) is 27.0 Å². The largest absolute Gasteiger partial charge is 0.493 e. The van der Waals surface area contributed by atoms with Gasteiger partial charge in [-0.15, -0.1) is 0 Å². The number of amides is 1. The zero-order chi connectivity index (χ0) is 28.4. The van der Waals surface area contributed by atoms with E-state index >= 15 is 0 Å². The van der Waals surface area contributed by atoms with Crippen LogP contribution in [-0.2, 0) is 9.59 Å². The second kappa shape index (κ2) is 11.3. The molecule has 7 nitrogen and oxygen atoms in total. The summed E-state index contributed by atoms with van der Waals surface area (Å²) in [5, 5.41) is 6.06. The molecule has 3 aromatic rings. The minimum Gasteiger partial charge on any atom is -0.493 e. The predicted octanol–water partition coefficient (Wildman–Crippen LogP) is 5.85. The van der Waals surface area contributed by atoms with E-state index in [1.807, 2.05) is 30.3 Å². The SMILES string of the molecule is COc1cc([C@@H]2C(C(=O)Nc3ccccc3F)=C(C)NC3=C2C(=O)C[C@@H](c2ccccc2)C3)cc(OC)c1OC. The highest BCUT2D eigenvalue weighted by molar-refractivity contribution is 6.10. The molecule has 40 heavy (non-hydrogen) atoms. The molecule has 1 amide bonds. The first-order valence-corrected chi connectivity index (χ1v) is 13.0. The normalized spacial score (nSPS) is 18.6. The van der Waals surface area contributed by atoms with Gasteiger partial charge in [0.2, 0.25) is 5.75 Å². The molecule has 3 aromatic carbocycles. The molecule has 206 valence electrons. The molecule has 0 fully saturated rings. The standard InChI is InChI=1S/C32H31FN2O5/c1-18-28(32(37)35-23-13-9-8-12-22(23)33)29(21-16-26(38-2)31(40-4)27(17-21)39-3)30-24(34-18)14-20(15-25(30)36)19-10-6-5-7-11-19/h5-13,16-17,20,29,34H,14-15H2,1-4H3,(H,35,37)/t20-,29+/m0/s1. The lowest BCUT2D eigenvalue weighted by Crippen LogP contribution is -2.37. The highest BCUT2D eigenvalue weighted by Gasteiger charge is 2.41. The van der Waals surface area contributed by atoms with Gasteiger partial charge in [-0.25, -0.2) is 4.39 Å². The fourth-order valence-electron chi connectivity index (χ4n) is 5.65. The molecule has 8 heteroatoms. The molecule has 0 radical (unpaired) electrons. The molecule has 0 spiro atoms. The van der Waals surface area contributed by atoms with Gasteiger partial charge >= 0.3 is 0 Å². The van der Waals surface area contributed by atoms with E-state index in [1.165, 1.54) is 33.5 Å². The molecule has 0 saturated carbocycles. The van der Waals surface area contributed by atoms with E-state index in [0.717, 1.165) is 11.3 Å². The smallest absolute Gasteiger partial charge is 0.254 e. The van der Waals surface area contributed by atoms with Gasteiger partial charge in [0.25, 0.3) is 5.91 Å². The van der Waals surface area contributed by atoms with Crippen LogP contribution in [0.5, 0.6) is 17.2 Å². The minimum absolute atomic E-state index is 0.00197. The molecule has 2 atom stereocenters. The summed E-state index contributed by atoms with van der Waals surface area (Å²) in [4.78, 5) is 27.7. The Balaban J connectivity index is 1.65. The molecule has 2 N–H and O–H groups in total. The van der Waals surface area contributed by atoms with Crippen molar-refractivity contribution >= 4 is 17.4 Å². The number of ketones is 1. The fourth-order valence-corrected chi connectivity index (χ4v) is 5.65. The summed E-state index contributed by atoms with van der Waals surface area (Å²) in [6, 6.07) is 19.4. The summed E-state index contributed by atoms with van der Waals surface area (Å²) in [6.07, 6.45) is 0.901. The van der Waals surface area contributed by atoms with E-state index < -0.39 is 17.6 Å². The molecule has 0 bridgehead atoms. The van der Waals surface area contributed by atoms with Crippen LogP contribution in [-0.4, -0.2) is 33.0 Å². The van der Waals surface area contributed by atoms with E-state index in [9.17, 15) is 14.0 Å². The Morgan fingerprint density at radius 3 is 2.17 bits per heavy atom. The van der Waals surface area contributed by atoms with Gasteiger partial charge in [0, 0.05) is 34.9 Å². The predicted molar refractivity (Wildman–Crippen MR) is 150 cm³/mol. The molecule has 1 heterocycles. The maximum absolute atomic E-state index is 14.5. The molecule has 1 aliphatic carbocycles. The van der Waals surface area contributed by atoms with Gasteiger partial charge < -0.3 is 24.8 Å². The van der Waals surface area contributed by atoms with Crippen molar-refractivity contribution in [1.29, 1.82) is 0 Å². The molecule has 0 aromatic heterocycles. The van der Waals surface area contributed by atoms with Crippen molar-refractivity contribution in [3.05, 3.63) is 106 Å². The first kappa shape index (κ1) is 27.0. The van der Waals surface area contributed by atoms with Crippen LogP contribution in [0.2, 0.25) is 0 Å². The van der Waals surface area contributed by atoms with E-state index in [-0.39, 0.29) is 17.4 Å². The Morgan fingerprint density at radius 1 is 0.900 bits per heavy atom. The van der Waals surface area contributed by atoms with Crippen LogP contribution < -0.4 is 24.8 Å². The van der Waals surface area contributed by atoms with Crippen molar-refractivity contribution in [1.82, 2.24) is 5.32 Å². The number of carbonyl (C=O) groups is 2. The van der Waals surface area contributed by atoms with Gasteiger partial charge in [-0.05, 0) is 54.7 Å². The van der Waals surface area contributed by atoms with Crippen LogP contribution >= 0.6 is 0 Å². The van der Waals surface area contributed by atoms with Crippen LogP contribution in [0.4, 0.5) is 10.1 Å². The van der Waals surface area contributed by atoms with Gasteiger partial charge in [-0.1, -0.05) is 42.5 Å². The lowest BCUT2D eigenvalue weighted by atomic mass is 9.71. The Morgan fingerprint density at radius 2 is 1.55 bits per heavy atom. The first-order valence-electron chi connectivity index (χ1n) is 13.0. The van der Waals surface area contributed by atoms with Crippen LogP contribution in [0.15, 0.2) is 89.3 Å². The van der Waals surface area contributed by atoms with Gasteiger partial charge in [0.15, 0.2) is 17.3 Å². The maximum atomic E-state index is 14.5. The number of anilines is 1. The summed E-state index contributed by atoms with van der Waals surface area (Å²) in [6.45, 7) is 1.79. The van der Waals surface area contributed by atoms with Gasteiger partial charge in [0.1, 0.15) is 5.82 Å². The lowest BCUT2D eigenvalue weighted by Gasteiger charge is -2.37. The Hall–Kier alpha value is -4.59. The molecule has 2 aliphatic rings. The summed E-state index contributed by atoms with van der Waals surface area (Å²) in [5.41, 5.74) is 3.91. The van der Waals surface area contributed by atoms with Crippen molar-refractivity contribution < 1.29 is 28.2 Å². The first-order chi connectivity index (χ1) is 19.4. The minimum atomic E-state index is -0.749. The van der Waals surface area contributed by atoms with Crippen LogP contribution in [0.3, 0.4) is 0 Å². The summed E-state index contributed by atoms with van der Waals surface area (Å²) >= 11 is 0. The van der Waals surface area contributed by atoms with E-state index in [0.29, 0.717) is 52.5 Å². The lowest BCUT2D eigenvalue weighted by molar-refractivity contribution is -0.116. The molecule has 0 unspecified atom stereocenters. The van der Waals surface area contributed by atoms with Crippen molar-refractivity contribution in [3.8, 4) is 17.2 Å². The molecule has 0 saturated heterocycles. The topological polar surface area (TPSA) is 85.9 Å². The molecular weight excluding hydrogens is 511 g/mol. The number of para-hydroxylation sites is 1. The number of halogens is 1. The number of dihydropyridines is 1. The number of Topliss-reactive ketones (excluding diaryl/α,β-unsaturated/α-hetero) is 1. The Labute approximate surface area is 232 Å². The monoisotopic (exact) mass is 542 g/mol. The molecule has 5 rings (SSSR count). The summed E-state index contributed by atoms with van der Waals surface area (Å²) < 4.78 is 31.2. The van der Waals surface area contributed by atoms with E-state index in [1.54, 1.807) is 31.2 Å². The second-order valence-electron chi connectivity index (χ2n) is 9.82. The number of ether oxygens (including phenoxy) is 3. The summed E-state index contributed by atoms with van der Waals surface area (Å²) in [5.74, 6) is -0.689. The fraction of sp³-hybridized carbons (Fsp3) is 0.250. The number of rotatable bonds is 7. The number of nitrogens with one attached hydrogen (secondary N) is 2.